The number of phenols is 1. The molecule has 0 spiro atoms. The topological polar surface area (TPSA) is 52.5 Å². The number of phenolic OH excluding ortho intramolecular Hbond substituents is 1. The summed E-state index contributed by atoms with van der Waals surface area (Å²) in [7, 11) is 0. The number of quaternary nitrogens is 1. The Morgan fingerprint density at radius 1 is 1.15 bits per heavy atom. The van der Waals surface area contributed by atoms with Gasteiger partial charge in [0, 0.05) is 17.9 Å². The summed E-state index contributed by atoms with van der Waals surface area (Å²) < 4.78 is 5.84. The molecule has 2 aliphatic rings. The van der Waals surface area contributed by atoms with Crippen molar-refractivity contribution in [1.29, 1.82) is 0 Å². The van der Waals surface area contributed by atoms with E-state index >= 15 is 0 Å². The van der Waals surface area contributed by atoms with Gasteiger partial charge in [0.1, 0.15) is 6.61 Å². The fourth-order valence-corrected chi connectivity index (χ4v) is 5.01. The molecule has 1 saturated heterocycles. The van der Waals surface area contributed by atoms with E-state index in [1.54, 1.807) is 0 Å². The lowest BCUT2D eigenvalue weighted by atomic mass is 9.74. The number of hydrogen-bond acceptors (Lipinski definition) is 3. The van der Waals surface area contributed by atoms with Crippen LogP contribution in [0.1, 0.15) is 42.9 Å². The van der Waals surface area contributed by atoms with Gasteiger partial charge >= 0.3 is 0 Å². The van der Waals surface area contributed by atoms with E-state index in [9.17, 15) is 10.3 Å². The molecule has 4 nitrogen and oxygen atoms in total. The van der Waals surface area contributed by atoms with E-state index < -0.39 is 0 Å². The highest BCUT2D eigenvalue weighted by Gasteiger charge is 2.42. The van der Waals surface area contributed by atoms with E-state index in [2.05, 4.69) is 13.0 Å². The molecule has 0 bridgehead atoms. The Hall–Kier alpha value is -2.04. The second kappa shape index (κ2) is 7.53. The maximum absolute atomic E-state index is 13.4. The summed E-state index contributed by atoms with van der Waals surface area (Å²) in [5.41, 5.74) is 3.19. The van der Waals surface area contributed by atoms with Crippen LogP contribution in [0.4, 0.5) is 0 Å². The van der Waals surface area contributed by atoms with Crippen LogP contribution in [-0.2, 0) is 19.4 Å². The fraction of sp³-hybridized carbons (Fsp3) is 0.478. The Balaban J connectivity index is 1.55. The summed E-state index contributed by atoms with van der Waals surface area (Å²) in [5, 5.41) is 24.2. The van der Waals surface area contributed by atoms with Crippen LogP contribution in [0.2, 0.25) is 0 Å². The second-order valence-electron chi connectivity index (χ2n) is 8.10. The molecule has 27 heavy (non-hydrogen) atoms. The van der Waals surface area contributed by atoms with Crippen molar-refractivity contribution >= 4 is 0 Å². The fourth-order valence-electron chi connectivity index (χ4n) is 5.01. The molecule has 0 aromatic heterocycles. The number of aromatic hydroxyl groups is 1. The standard InChI is InChI=1S/C23H29NO3/c1-2-12-24(26)13-6-9-19-14-20-18(15-21(19)24)10-11-22(23(20)25)27-16-17-7-4-3-5-8-17/h3-5,7-8,10-11,19,21,25H,2,6,9,12-16H2,1H3/t19-,21-,24?/m1/s1. The third-order valence-corrected chi connectivity index (χ3v) is 6.34. The van der Waals surface area contributed by atoms with Crippen molar-refractivity contribution in [3.05, 3.63) is 64.4 Å². The molecule has 2 aromatic carbocycles. The van der Waals surface area contributed by atoms with Gasteiger partial charge in [-0.3, -0.25) is 0 Å². The SMILES string of the molecule is CCC[N+]1([O-])CCC[C@@H]2Cc3c(ccc(OCc4ccccc4)c3O)C[C@H]21. The molecule has 2 aromatic rings. The summed E-state index contributed by atoms with van der Waals surface area (Å²) in [6.45, 7) is 3.99. The van der Waals surface area contributed by atoms with Crippen LogP contribution in [0.15, 0.2) is 42.5 Å². The van der Waals surface area contributed by atoms with E-state index in [0.717, 1.165) is 55.3 Å². The summed E-state index contributed by atoms with van der Waals surface area (Å²) >= 11 is 0. The predicted octanol–water partition coefficient (Wildman–Crippen LogP) is 4.57. The molecule has 4 heteroatoms. The smallest absolute Gasteiger partial charge is 0.161 e. The third kappa shape index (κ3) is 3.56. The molecule has 4 rings (SSSR count). The number of hydroxylamine groups is 3. The molecule has 0 radical (unpaired) electrons. The van der Waals surface area contributed by atoms with Crippen LogP contribution >= 0.6 is 0 Å². The molecule has 3 atom stereocenters. The number of nitrogens with zero attached hydrogens (tertiary/aromatic N) is 1. The van der Waals surface area contributed by atoms with Crippen LogP contribution in [-0.4, -0.2) is 28.9 Å². The summed E-state index contributed by atoms with van der Waals surface area (Å²) in [5.74, 6) is 1.18. The molecule has 1 N–H and O–H groups in total. The lowest BCUT2D eigenvalue weighted by Gasteiger charge is -2.56. The van der Waals surface area contributed by atoms with Gasteiger partial charge in [0.25, 0.3) is 0 Å². The summed E-state index contributed by atoms with van der Waals surface area (Å²) in [6.07, 6.45) is 4.57. The zero-order valence-electron chi connectivity index (χ0n) is 16.1. The number of piperidine rings is 1. The first-order chi connectivity index (χ1) is 13.1. The Kier molecular flexibility index (Phi) is 5.11. The normalized spacial score (nSPS) is 26.9. The third-order valence-electron chi connectivity index (χ3n) is 6.34. The average molecular weight is 367 g/mol. The monoisotopic (exact) mass is 367 g/mol. The van der Waals surface area contributed by atoms with Crippen LogP contribution in [0.5, 0.6) is 11.5 Å². The van der Waals surface area contributed by atoms with E-state index in [0.29, 0.717) is 24.8 Å². The van der Waals surface area contributed by atoms with Crippen molar-refractivity contribution in [3.8, 4) is 11.5 Å². The van der Waals surface area contributed by atoms with Gasteiger partial charge in [0.2, 0.25) is 0 Å². The Morgan fingerprint density at radius 3 is 2.74 bits per heavy atom. The zero-order chi connectivity index (χ0) is 18.9. The molecular formula is C23H29NO3. The van der Waals surface area contributed by atoms with Gasteiger partial charge in [-0.15, -0.1) is 0 Å². The molecule has 1 aliphatic carbocycles. The van der Waals surface area contributed by atoms with Gasteiger partial charge in [-0.25, -0.2) is 0 Å². The highest BCUT2D eigenvalue weighted by molar-refractivity contribution is 5.51. The number of benzene rings is 2. The maximum atomic E-state index is 13.4. The van der Waals surface area contributed by atoms with Gasteiger partial charge in [-0.1, -0.05) is 43.3 Å². The van der Waals surface area contributed by atoms with Crippen molar-refractivity contribution in [2.45, 2.75) is 51.7 Å². The first-order valence-corrected chi connectivity index (χ1v) is 10.2. The van der Waals surface area contributed by atoms with Gasteiger partial charge < -0.3 is 19.7 Å². The first-order valence-electron chi connectivity index (χ1n) is 10.2. The Labute approximate surface area is 161 Å². The first kappa shape index (κ1) is 18.3. The molecule has 1 fully saturated rings. The van der Waals surface area contributed by atoms with Crippen LogP contribution in [0.25, 0.3) is 0 Å². The van der Waals surface area contributed by atoms with Crippen molar-refractivity contribution in [2.75, 3.05) is 13.1 Å². The Morgan fingerprint density at radius 2 is 1.96 bits per heavy atom. The minimum absolute atomic E-state index is 0.0480. The number of fused-ring (bicyclic) bond motifs is 2. The lowest BCUT2D eigenvalue weighted by molar-refractivity contribution is -0.915. The molecule has 1 unspecified atom stereocenters. The van der Waals surface area contributed by atoms with Crippen LogP contribution < -0.4 is 4.74 Å². The minimum atomic E-state index is -0.0480. The van der Waals surface area contributed by atoms with E-state index in [1.165, 1.54) is 0 Å². The van der Waals surface area contributed by atoms with E-state index in [4.69, 9.17) is 4.74 Å². The van der Waals surface area contributed by atoms with Gasteiger partial charge in [0.05, 0.1) is 19.1 Å². The van der Waals surface area contributed by atoms with Crippen molar-refractivity contribution in [2.24, 2.45) is 5.92 Å². The van der Waals surface area contributed by atoms with Gasteiger partial charge in [-0.05, 0) is 42.9 Å². The average Bonchev–Trinajstić information content (AvgIpc) is 2.68. The van der Waals surface area contributed by atoms with Crippen LogP contribution in [0, 0.1) is 11.1 Å². The van der Waals surface area contributed by atoms with E-state index in [-0.39, 0.29) is 16.4 Å². The van der Waals surface area contributed by atoms with Crippen molar-refractivity contribution in [3.63, 3.8) is 0 Å². The molecular weight excluding hydrogens is 338 g/mol. The van der Waals surface area contributed by atoms with Gasteiger partial charge in [-0.2, -0.15) is 0 Å². The van der Waals surface area contributed by atoms with Crippen molar-refractivity contribution < 1.29 is 14.5 Å². The summed E-state index contributed by atoms with van der Waals surface area (Å²) in [6, 6.07) is 14.0. The Bertz CT molecular complexity index is 788. The lowest BCUT2D eigenvalue weighted by Crippen LogP contribution is -2.60. The molecule has 1 aliphatic heterocycles. The molecule has 144 valence electrons. The number of rotatable bonds is 5. The predicted molar refractivity (Wildman–Crippen MR) is 106 cm³/mol. The summed E-state index contributed by atoms with van der Waals surface area (Å²) in [4.78, 5) is 0. The quantitative estimate of drug-likeness (QED) is 0.622. The second-order valence-corrected chi connectivity index (χ2v) is 8.10. The molecule has 0 amide bonds. The van der Waals surface area contributed by atoms with Crippen molar-refractivity contribution in [1.82, 2.24) is 0 Å². The molecule has 0 saturated carbocycles. The van der Waals surface area contributed by atoms with Crippen LogP contribution in [0.3, 0.4) is 0 Å². The van der Waals surface area contributed by atoms with Gasteiger partial charge in [0.15, 0.2) is 11.5 Å². The number of likely N-dealkylation sites (tertiary alicyclic amines) is 1. The largest absolute Gasteiger partial charge is 0.633 e. The number of ether oxygens (including phenoxy) is 1. The minimum Gasteiger partial charge on any atom is -0.633 e. The van der Waals surface area contributed by atoms with E-state index in [1.807, 2.05) is 36.4 Å². The highest BCUT2D eigenvalue weighted by atomic mass is 16.5. The molecule has 1 heterocycles. The number of hydrogen-bond donors (Lipinski definition) is 1. The zero-order valence-corrected chi connectivity index (χ0v) is 16.1. The maximum Gasteiger partial charge on any atom is 0.161 e. The highest BCUT2D eigenvalue weighted by Crippen LogP contribution is 2.44.